The number of dihydropyridines is 1. The van der Waals surface area contributed by atoms with E-state index in [1.54, 1.807) is 0 Å². The molecule has 21 heavy (non-hydrogen) atoms. The van der Waals surface area contributed by atoms with Crippen LogP contribution in [-0.2, 0) is 0 Å². The average Bonchev–Trinajstić information content (AvgIpc) is 2.52. The molecule has 0 spiro atoms. The van der Waals surface area contributed by atoms with Crippen LogP contribution in [0.5, 0.6) is 0 Å². The van der Waals surface area contributed by atoms with Gasteiger partial charge in [0.1, 0.15) is 0 Å². The third-order valence-corrected chi connectivity index (χ3v) is 3.44. The van der Waals surface area contributed by atoms with Crippen molar-refractivity contribution in [3.8, 4) is 0 Å². The second kappa shape index (κ2) is 5.75. The quantitative estimate of drug-likeness (QED) is 0.624. The number of rotatable bonds is 2. The number of hydrogen-bond donors (Lipinski definition) is 4. The Kier molecular flexibility index (Phi) is 3.64. The number of hydrogen-bond acceptors (Lipinski definition) is 5. The fourth-order valence-electron chi connectivity index (χ4n) is 2.27. The second-order valence-electron chi connectivity index (χ2n) is 5.08. The molecule has 3 rings (SSSR count). The molecule has 1 aromatic rings. The molecule has 0 aliphatic carbocycles. The number of guanidine groups is 1. The molecule has 2 heterocycles. The lowest BCUT2D eigenvalue weighted by molar-refractivity contribution is 0.872. The van der Waals surface area contributed by atoms with E-state index in [-0.39, 0.29) is 6.04 Å². The van der Waals surface area contributed by atoms with Crippen molar-refractivity contribution in [1.82, 2.24) is 10.6 Å². The van der Waals surface area contributed by atoms with E-state index in [2.05, 4.69) is 33.1 Å². The number of nitrogens with one attached hydrogen (secondary N) is 3. The van der Waals surface area contributed by atoms with Crippen LogP contribution in [0.2, 0.25) is 0 Å². The van der Waals surface area contributed by atoms with Gasteiger partial charge < -0.3 is 21.7 Å². The lowest BCUT2D eigenvalue weighted by Crippen LogP contribution is -2.32. The third-order valence-electron chi connectivity index (χ3n) is 3.44. The van der Waals surface area contributed by atoms with Gasteiger partial charge in [-0.25, -0.2) is 4.99 Å². The Labute approximate surface area is 124 Å². The molecular weight excluding hydrogens is 262 g/mol. The normalized spacial score (nSPS) is 20.1. The van der Waals surface area contributed by atoms with Crippen molar-refractivity contribution in [3.05, 3.63) is 60.0 Å². The van der Waals surface area contributed by atoms with E-state index in [4.69, 9.17) is 5.73 Å². The van der Waals surface area contributed by atoms with Gasteiger partial charge in [-0.15, -0.1) is 0 Å². The van der Waals surface area contributed by atoms with Gasteiger partial charge in [0, 0.05) is 30.3 Å². The Hall–Kier alpha value is -2.69. The van der Waals surface area contributed by atoms with Crippen LogP contribution in [0.3, 0.4) is 0 Å². The molecule has 1 atom stereocenters. The highest BCUT2D eigenvalue weighted by Gasteiger charge is 2.14. The fraction of sp³-hybridized carbons (Fsp3) is 0.188. The number of nitrogens with two attached hydrogens (primary N) is 1. The summed E-state index contributed by atoms with van der Waals surface area (Å²) in [5, 5.41) is 9.63. The van der Waals surface area contributed by atoms with Gasteiger partial charge in [0.25, 0.3) is 0 Å². The summed E-state index contributed by atoms with van der Waals surface area (Å²) in [5.41, 5.74) is 9.79. The van der Waals surface area contributed by atoms with Crippen LogP contribution in [-0.4, -0.2) is 18.5 Å². The zero-order valence-corrected chi connectivity index (χ0v) is 11.9. The van der Waals surface area contributed by atoms with E-state index >= 15 is 0 Å². The summed E-state index contributed by atoms with van der Waals surface area (Å²) in [5.74, 6) is 0.719. The molecule has 0 radical (unpaired) electrons. The van der Waals surface area contributed by atoms with Gasteiger partial charge in [-0.3, -0.25) is 0 Å². The monoisotopic (exact) mass is 281 g/mol. The highest BCUT2D eigenvalue weighted by molar-refractivity contribution is 5.96. The van der Waals surface area contributed by atoms with Crippen LogP contribution < -0.4 is 21.7 Å². The highest BCUT2D eigenvalue weighted by atomic mass is 15.2. The van der Waals surface area contributed by atoms with E-state index < -0.39 is 0 Å². The number of aliphatic imine (C=N–C) groups is 1. The summed E-state index contributed by atoms with van der Waals surface area (Å²) < 4.78 is 0. The van der Waals surface area contributed by atoms with Crippen molar-refractivity contribution in [2.45, 2.75) is 13.0 Å². The minimum atomic E-state index is 0.0131. The van der Waals surface area contributed by atoms with Crippen molar-refractivity contribution in [3.63, 3.8) is 0 Å². The van der Waals surface area contributed by atoms with E-state index in [9.17, 15) is 0 Å². The van der Waals surface area contributed by atoms with Gasteiger partial charge in [-0.1, -0.05) is 18.2 Å². The summed E-state index contributed by atoms with van der Waals surface area (Å²) in [6, 6.07) is 5.81. The molecule has 1 aromatic carbocycles. The summed E-state index contributed by atoms with van der Waals surface area (Å²) in [6.45, 7) is 2.91. The van der Waals surface area contributed by atoms with Gasteiger partial charge >= 0.3 is 0 Å². The Morgan fingerprint density at radius 2 is 2.29 bits per heavy atom. The van der Waals surface area contributed by atoms with E-state index in [1.807, 2.05) is 43.6 Å². The molecule has 0 saturated carbocycles. The molecule has 1 unspecified atom stereocenters. The Bertz CT molecular complexity index is 655. The van der Waals surface area contributed by atoms with Crippen LogP contribution >= 0.6 is 0 Å². The molecule has 0 bridgehead atoms. The molecule has 0 amide bonds. The van der Waals surface area contributed by atoms with Gasteiger partial charge in [0.15, 0.2) is 0 Å². The predicted octanol–water partition coefficient (Wildman–Crippen LogP) is 1.87. The lowest BCUT2D eigenvalue weighted by Gasteiger charge is -2.21. The smallest absolute Gasteiger partial charge is 0.200 e. The van der Waals surface area contributed by atoms with Gasteiger partial charge in [0.2, 0.25) is 5.96 Å². The van der Waals surface area contributed by atoms with Crippen LogP contribution in [0.25, 0.3) is 0 Å². The van der Waals surface area contributed by atoms with E-state index in [1.165, 1.54) is 0 Å². The Morgan fingerprint density at radius 1 is 1.38 bits per heavy atom. The number of nitrogens with zero attached hydrogens (tertiary/aromatic N) is 1. The van der Waals surface area contributed by atoms with Crippen LogP contribution in [0, 0.1) is 6.92 Å². The highest BCUT2D eigenvalue weighted by Crippen LogP contribution is 2.19. The van der Waals surface area contributed by atoms with Gasteiger partial charge in [-0.05, 0) is 36.3 Å². The largest absolute Gasteiger partial charge is 0.399 e. The van der Waals surface area contributed by atoms with Crippen molar-refractivity contribution in [2.75, 3.05) is 17.6 Å². The average molecular weight is 281 g/mol. The van der Waals surface area contributed by atoms with Gasteiger partial charge in [0.05, 0.1) is 6.04 Å². The van der Waals surface area contributed by atoms with Crippen LogP contribution in [0.4, 0.5) is 11.4 Å². The Balaban J connectivity index is 1.79. The van der Waals surface area contributed by atoms with Crippen LogP contribution in [0.15, 0.2) is 59.4 Å². The SMILES string of the molecule is Cc1ccc(N)cc1NC1=NC(C2=CNCC=C2)C=CN1. The maximum atomic E-state index is 5.84. The summed E-state index contributed by atoms with van der Waals surface area (Å²) >= 11 is 0. The molecule has 5 heteroatoms. The lowest BCUT2D eigenvalue weighted by atomic mass is 10.1. The van der Waals surface area contributed by atoms with E-state index in [0.29, 0.717) is 0 Å². The van der Waals surface area contributed by atoms with Crippen molar-refractivity contribution >= 4 is 17.3 Å². The van der Waals surface area contributed by atoms with Gasteiger partial charge in [-0.2, -0.15) is 0 Å². The van der Waals surface area contributed by atoms with Crippen molar-refractivity contribution in [1.29, 1.82) is 0 Å². The molecule has 5 N–H and O–H groups in total. The Morgan fingerprint density at radius 3 is 3.10 bits per heavy atom. The molecule has 5 nitrogen and oxygen atoms in total. The van der Waals surface area contributed by atoms with Crippen molar-refractivity contribution in [2.24, 2.45) is 4.99 Å². The predicted molar refractivity (Wildman–Crippen MR) is 87.9 cm³/mol. The minimum Gasteiger partial charge on any atom is -0.399 e. The molecular formula is C16H19N5. The zero-order valence-electron chi connectivity index (χ0n) is 11.9. The molecule has 2 aliphatic rings. The summed E-state index contributed by atoms with van der Waals surface area (Å²) in [6.07, 6.45) is 10.1. The molecule has 0 saturated heterocycles. The van der Waals surface area contributed by atoms with E-state index in [0.717, 1.165) is 35.0 Å². The number of benzene rings is 1. The first-order chi connectivity index (χ1) is 10.2. The molecule has 2 aliphatic heterocycles. The number of nitrogen functional groups attached to an aromatic ring is 1. The number of anilines is 2. The maximum absolute atomic E-state index is 5.84. The fourth-order valence-corrected chi connectivity index (χ4v) is 2.27. The zero-order chi connectivity index (χ0) is 14.7. The van der Waals surface area contributed by atoms with Crippen LogP contribution in [0.1, 0.15) is 5.56 Å². The topological polar surface area (TPSA) is 74.5 Å². The summed E-state index contributed by atoms with van der Waals surface area (Å²) in [7, 11) is 0. The minimum absolute atomic E-state index is 0.0131. The number of aryl methyl sites for hydroxylation is 1. The van der Waals surface area contributed by atoms with Crippen molar-refractivity contribution < 1.29 is 0 Å². The third kappa shape index (κ3) is 3.08. The standard InChI is InChI=1S/C16H19N5/c1-11-4-5-13(17)9-15(11)21-16-19-8-6-14(20-16)12-3-2-7-18-10-12/h2-6,8-10,14,18H,7,17H2,1H3,(H2,19,20,21). The first kappa shape index (κ1) is 13.3. The first-order valence-electron chi connectivity index (χ1n) is 6.96. The first-order valence-corrected chi connectivity index (χ1v) is 6.96. The molecule has 108 valence electrons. The molecule has 0 aromatic heterocycles. The molecule has 0 fully saturated rings. The second-order valence-corrected chi connectivity index (χ2v) is 5.08. The summed E-state index contributed by atoms with van der Waals surface area (Å²) in [4.78, 5) is 4.68. The maximum Gasteiger partial charge on any atom is 0.200 e.